The maximum atomic E-state index is 11.0. The molecular weight excluding hydrogens is 338 g/mol. The number of hydrogen-bond acceptors (Lipinski definition) is 5. The largest absolute Gasteiger partial charge is 0.390 e. The molecule has 2 heterocycles. The van der Waals surface area contributed by atoms with Crippen LogP contribution in [0.5, 0.6) is 0 Å². The molecule has 1 aliphatic carbocycles. The van der Waals surface area contributed by atoms with E-state index in [2.05, 4.69) is 22.9 Å². The molecule has 1 saturated heterocycles. The zero-order valence-corrected chi connectivity index (χ0v) is 15.8. The second-order valence-corrected chi connectivity index (χ2v) is 7.92. The van der Waals surface area contributed by atoms with Crippen LogP contribution in [0.3, 0.4) is 0 Å². The Morgan fingerprint density at radius 2 is 2.04 bits per heavy atom. The molecule has 142 valence electrons. The summed E-state index contributed by atoms with van der Waals surface area (Å²) in [5, 5.41) is 21.3. The van der Waals surface area contributed by atoms with Crippen molar-refractivity contribution in [2.24, 2.45) is 5.92 Å². The summed E-state index contributed by atoms with van der Waals surface area (Å²) in [6.45, 7) is 3.50. The Morgan fingerprint density at radius 1 is 1.22 bits per heavy atom. The summed E-state index contributed by atoms with van der Waals surface area (Å²) in [5.74, 6) is 0.343. The average molecular weight is 365 g/mol. The highest BCUT2D eigenvalue weighted by atomic mass is 16.5. The first-order chi connectivity index (χ1) is 13.2. The van der Waals surface area contributed by atoms with Crippen molar-refractivity contribution in [3.8, 4) is 6.07 Å². The fraction of sp³-hybridized carbons (Fsp3) is 0.545. The molecule has 2 aliphatic rings. The number of nitriles is 1. The van der Waals surface area contributed by atoms with Gasteiger partial charge in [-0.15, -0.1) is 0 Å². The predicted octanol–water partition coefficient (Wildman–Crippen LogP) is 3.64. The summed E-state index contributed by atoms with van der Waals surface area (Å²) >= 11 is 0. The van der Waals surface area contributed by atoms with Crippen LogP contribution in [-0.4, -0.2) is 41.5 Å². The number of rotatable bonds is 3. The normalized spacial score (nSPS) is 25.3. The maximum absolute atomic E-state index is 11.0. The maximum Gasteiger partial charge on any atom is 0.101 e. The van der Waals surface area contributed by atoms with E-state index in [1.165, 1.54) is 19.3 Å². The third-order valence-electron chi connectivity index (χ3n) is 6.01. The van der Waals surface area contributed by atoms with Gasteiger partial charge in [-0.25, -0.2) is 0 Å². The van der Waals surface area contributed by atoms with Crippen molar-refractivity contribution < 1.29 is 9.84 Å². The average Bonchev–Trinajstić information content (AvgIpc) is 2.72. The van der Waals surface area contributed by atoms with E-state index in [1.807, 2.05) is 24.3 Å². The van der Waals surface area contributed by atoms with Gasteiger partial charge in [0.2, 0.25) is 0 Å². The summed E-state index contributed by atoms with van der Waals surface area (Å²) < 4.78 is 6.15. The van der Waals surface area contributed by atoms with E-state index in [1.54, 1.807) is 6.20 Å². The molecule has 0 spiro atoms. The molecule has 0 radical (unpaired) electrons. The third-order valence-corrected chi connectivity index (χ3v) is 6.01. The number of morpholine rings is 1. The van der Waals surface area contributed by atoms with E-state index in [9.17, 15) is 10.4 Å². The van der Waals surface area contributed by atoms with E-state index in [4.69, 9.17) is 4.74 Å². The quantitative estimate of drug-likeness (QED) is 0.899. The van der Waals surface area contributed by atoms with Gasteiger partial charge in [0.15, 0.2) is 0 Å². The minimum absolute atomic E-state index is 0.0457. The monoisotopic (exact) mass is 365 g/mol. The van der Waals surface area contributed by atoms with Gasteiger partial charge in [0.1, 0.15) is 12.2 Å². The van der Waals surface area contributed by atoms with Crippen molar-refractivity contribution in [1.82, 2.24) is 4.98 Å². The lowest BCUT2D eigenvalue weighted by molar-refractivity contribution is -0.102. The summed E-state index contributed by atoms with van der Waals surface area (Å²) in [7, 11) is 0. The topological polar surface area (TPSA) is 69.4 Å². The molecule has 1 saturated carbocycles. The standard InChI is InChI=1S/C22H27N3O2/c1-15-13-25(14-20(27-15)22(26)16-6-3-2-4-7-16)19-10-9-17(12-23)21-18(19)8-5-11-24-21/h5,8-11,15-16,20,22,26H,2-4,6-7,13-14H2,1H3/t15-,20-,22-/m1/s1. The van der Waals surface area contributed by atoms with Crippen molar-refractivity contribution in [3.63, 3.8) is 0 Å². The number of pyridine rings is 1. The number of hydrogen-bond donors (Lipinski definition) is 1. The fourth-order valence-corrected chi connectivity index (χ4v) is 4.67. The zero-order valence-electron chi connectivity index (χ0n) is 15.8. The number of ether oxygens (including phenoxy) is 1. The highest BCUT2D eigenvalue weighted by Gasteiger charge is 2.35. The molecule has 1 aromatic carbocycles. The summed E-state index contributed by atoms with van der Waals surface area (Å²) in [4.78, 5) is 6.71. The molecule has 4 rings (SSSR count). The van der Waals surface area contributed by atoms with Crippen molar-refractivity contribution >= 4 is 16.6 Å². The first-order valence-electron chi connectivity index (χ1n) is 10.0. The molecule has 0 amide bonds. The lowest BCUT2D eigenvalue weighted by Crippen LogP contribution is -2.53. The first-order valence-corrected chi connectivity index (χ1v) is 10.0. The lowest BCUT2D eigenvalue weighted by atomic mass is 9.83. The van der Waals surface area contributed by atoms with Crippen molar-refractivity contribution in [3.05, 3.63) is 36.0 Å². The smallest absolute Gasteiger partial charge is 0.101 e. The van der Waals surface area contributed by atoms with Crippen LogP contribution in [0, 0.1) is 17.2 Å². The van der Waals surface area contributed by atoms with Gasteiger partial charge >= 0.3 is 0 Å². The number of fused-ring (bicyclic) bond motifs is 1. The zero-order chi connectivity index (χ0) is 18.8. The first kappa shape index (κ1) is 18.2. The second-order valence-electron chi connectivity index (χ2n) is 7.92. The molecule has 5 heteroatoms. The van der Waals surface area contributed by atoms with Gasteiger partial charge in [0, 0.05) is 30.4 Å². The van der Waals surface area contributed by atoms with Gasteiger partial charge in [0.05, 0.1) is 23.3 Å². The van der Waals surface area contributed by atoms with E-state index >= 15 is 0 Å². The molecule has 0 bridgehead atoms. The number of benzene rings is 1. The molecule has 2 fully saturated rings. The Bertz CT molecular complexity index is 841. The van der Waals surface area contributed by atoms with Gasteiger partial charge in [0.25, 0.3) is 0 Å². The van der Waals surface area contributed by atoms with Gasteiger partial charge < -0.3 is 14.7 Å². The van der Waals surface area contributed by atoms with Crippen molar-refractivity contribution in [1.29, 1.82) is 5.26 Å². The molecule has 1 aromatic heterocycles. The van der Waals surface area contributed by atoms with Gasteiger partial charge in [-0.3, -0.25) is 4.98 Å². The highest BCUT2D eigenvalue weighted by molar-refractivity contribution is 5.95. The van der Waals surface area contributed by atoms with Crippen LogP contribution >= 0.6 is 0 Å². The van der Waals surface area contributed by atoms with Gasteiger partial charge in [-0.05, 0) is 49.9 Å². The molecule has 0 unspecified atom stereocenters. The Labute approximate surface area is 160 Å². The number of aliphatic hydroxyl groups is 1. The van der Waals surface area contributed by atoms with Crippen LogP contribution in [0.4, 0.5) is 5.69 Å². The van der Waals surface area contributed by atoms with Crippen LogP contribution in [0.15, 0.2) is 30.5 Å². The molecule has 1 aliphatic heterocycles. The summed E-state index contributed by atoms with van der Waals surface area (Å²) in [6.07, 6.45) is 7.06. The molecular formula is C22H27N3O2. The second kappa shape index (κ2) is 7.84. The highest BCUT2D eigenvalue weighted by Crippen LogP contribution is 2.33. The Kier molecular flexibility index (Phi) is 5.29. The number of nitrogens with zero attached hydrogens (tertiary/aromatic N) is 3. The van der Waals surface area contributed by atoms with Gasteiger partial charge in [-0.1, -0.05) is 19.3 Å². The summed E-state index contributed by atoms with van der Waals surface area (Å²) in [5.41, 5.74) is 2.39. The van der Waals surface area contributed by atoms with Gasteiger partial charge in [-0.2, -0.15) is 5.26 Å². The Balaban J connectivity index is 1.62. The fourth-order valence-electron chi connectivity index (χ4n) is 4.67. The lowest BCUT2D eigenvalue weighted by Gasteiger charge is -2.42. The molecule has 1 N–H and O–H groups in total. The SMILES string of the molecule is C[C@@H]1CN(c2ccc(C#N)c3ncccc23)C[C@H]([C@H](O)C2CCCCC2)O1. The van der Waals surface area contributed by atoms with E-state index in [0.29, 0.717) is 18.0 Å². The van der Waals surface area contributed by atoms with E-state index in [-0.39, 0.29) is 12.2 Å². The minimum atomic E-state index is -0.418. The van der Waals surface area contributed by atoms with Crippen molar-refractivity contribution in [2.45, 2.75) is 57.3 Å². The van der Waals surface area contributed by atoms with E-state index in [0.717, 1.165) is 36.0 Å². The number of aromatic nitrogens is 1. The molecule has 27 heavy (non-hydrogen) atoms. The predicted molar refractivity (Wildman–Crippen MR) is 106 cm³/mol. The molecule has 2 aromatic rings. The van der Waals surface area contributed by atoms with Crippen LogP contribution in [-0.2, 0) is 4.74 Å². The van der Waals surface area contributed by atoms with Crippen LogP contribution in [0.1, 0.15) is 44.6 Å². The molecule has 3 atom stereocenters. The Hall–Kier alpha value is -2.16. The third kappa shape index (κ3) is 3.65. The van der Waals surface area contributed by atoms with E-state index < -0.39 is 6.10 Å². The molecule has 5 nitrogen and oxygen atoms in total. The van der Waals surface area contributed by atoms with Crippen LogP contribution in [0.25, 0.3) is 10.9 Å². The van der Waals surface area contributed by atoms with Crippen LogP contribution in [0.2, 0.25) is 0 Å². The summed E-state index contributed by atoms with van der Waals surface area (Å²) in [6, 6.07) is 10.0. The minimum Gasteiger partial charge on any atom is -0.390 e. The number of anilines is 1. The number of aliphatic hydroxyl groups excluding tert-OH is 1. The Morgan fingerprint density at radius 3 is 2.81 bits per heavy atom. The van der Waals surface area contributed by atoms with Crippen LogP contribution < -0.4 is 4.90 Å². The van der Waals surface area contributed by atoms with Crippen molar-refractivity contribution in [2.75, 3.05) is 18.0 Å².